The Hall–Kier alpha value is -2.31. The summed E-state index contributed by atoms with van der Waals surface area (Å²) in [6.45, 7) is 7.94. The highest BCUT2D eigenvalue weighted by molar-refractivity contribution is 7.16. The summed E-state index contributed by atoms with van der Waals surface area (Å²) < 4.78 is 2.13. The Kier molecular flexibility index (Phi) is 5.89. The highest BCUT2D eigenvalue weighted by Gasteiger charge is 2.32. The standard InChI is InChI=1S/C23H26ClN3O2S/c1-15-5-4-6-18(11-15)14-27-20(12-19-7-10-30-23(19)27)22(29)25-8-9-26(16(2)13-25)21(28)17(3)24/h4-7,10-12,16-17H,8-9,13-14H2,1-3H3. The number of thiophene rings is 1. The van der Waals surface area contributed by atoms with Gasteiger partial charge in [-0.25, -0.2) is 0 Å². The topological polar surface area (TPSA) is 45.6 Å². The Bertz CT molecular complexity index is 1090. The third-order valence-electron chi connectivity index (χ3n) is 5.68. The van der Waals surface area contributed by atoms with Crippen LogP contribution in [-0.4, -0.2) is 57.2 Å². The van der Waals surface area contributed by atoms with Gasteiger partial charge in [-0.05, 0) is 43.8 Å². The van der Waals surface area contributed by atoms with Gasteiger partial charge in [-0.3, -0.25) is 9.59 Å². The number of carbonyl (C=O) groups is 2. The summed E-state index contributed by atoms with van der Waals surface area (Å²) in [5.41, 5.74) is 3.09. The molecule has 1 aliphatic heterocycles. The lowest BCUT2D eigenvalue weighted by molar-refractivity contribution is -0.134. The normalized spacial score (nSPS) is 18.1. The number of fused-ring (bicyclic) bond motifs is 1. The van der Waals surface area contributed by atoms with Crippen molar-refractivity contribution < 1.29 is 9.59 Å². The van der Waals surface area contributed by atoms with E-state index in [4.69, 9.17) is 11.6 Å². The molecular formula is C23H26ClN3O2S. The predicted octanol–water partition coefficient (Wildman–Crippen LogP) is 4.36. The summed E-state index contributed by atoms with van der Waals surface area (Å²) >= 11 is 7.64. The van der Waals surface area contributed by atoms with E-state index in [1.54, 1.807) is 23.2 Å². The molecule has 2 unspecified atom stereocenters. The van der Waals surface area contributed by atoms with Crippen molar-refractivity contribution in [2.75, 3.05) is 19.6 Å². The third kappa shape index (κ3) is 3.98. The Morgan fingerprint density at radius 2 is 2.03 bits per heavy atom. The van der Waals surface area contributed by atoms with Gasteiger partial charge < -0.3 is 14.4 Å². The molecule has 5 nitrogen and oxygen atoms in total. The van der Waals surface area contributed by atoms with Crippen LogP contribution in [0.15, 0.2) is 41.8 Å². The van der Waals surface area contributed by atoms with E-state index in [1.165, 1.54) is 11.1 Å². The fourth-order valence-electron chi connectivity index (χ4n) is 4.16. The van der Waals surface area contributed by atoms with Crippen molar-refractivity contribution in [1.29, 1.82) is 0 Å². The molecule has 30 heavy (non-hydrogen) atoms. The second-order valence-electron chi connectivity index (χ2n) is 8.03. The number of alkyl halides is 1. The molecule has 1 fully saturated rings. The molecule has 2 amide bonds. The van der Waals surface area contributed by atoms with Gasteiger partial charge in [0, 0.05) is 37.6 Å². The highest BCUT2D eigenvalue weighted by atomic mass is 35.5. The maximum atomic E-state index is 13.5. The smallest absolute Gasteiger partial charge is 0.270 e. The van der Waals surface area contributed by atoms with Gasteiger partial charge in [0.25, 0.3) is 5.91 Å². The van der Waals surface area contributed by atoms with Gasteiger partial charge in [-0.2, -0.15) is 0 Å². The van der Waals surface area contributed by atoms with E-state index in [1.807, 2.05) is 17.9 Å². The van der Waals surface area contributed by atoms with Gasteiger partial charge >= 0.3 is 0 Å². The number of nitrogens with zero attached hydrogens (tertiary/aromatic N) is 3. The number of amides is 2. The van der Waals surface area contributed by atoms with Gasteiger partial charge in [-0.1, -0.05) is 29.8 Å². The fourth-order valence-corrected chi connectivity index (χ4v) is 5.18. The number of hydrogen-bond donors (Lipinski definition) is 0. The molecule has 0 N–H and O–H groups in total. The first-order valence-electron chi connectivity index (χ1n) is 10.2. The van der Waals surface area contributed by atoms with Crippen LogP contribution in [0.3, 0.4) is 0 Å². The van der Waals surface area contributed by atoms with Gasteiger partial charge in [0.1, 0.15) is 15.9 Å². The minimum Gasteiger partial charge on any atom is -0.335 e. The third-order valence-corrected chi connectivity index (χ3v) is 6.82. The highest BCUT2D eigenvalue weighted by Crippen LogP contribution is 2.28. The molecule has 0 saturated carbocycles. The summed E-state index contributed by atoms with van der Waals surface area (Å²) in [5, 5.41) is 2.60. The molecule has 0 radical (unpaired) electrons. The van der Waals surface area contributed by atoms with E-state index < -0.39 is 5.38 Å². The largest absolute Gasteiger partial charge is 0.335 e. The van der Waals surface area contributed by atoms with Crippen LogP contribution in [0, 0.1) is 6.92 Å². The van der Waals surface area contributed by atoms with Crippen molar-refractivity contribution in [3.05, 3.63) is 58.6 Å². The quantitative estimate of drug-likeness (QED) is 0.562. The zero-order valence-corrected chi connectivity index (χ0v) is 19.0. The molecule has 0 aliphatic carbocycles. The molecule has 0 bridgehead atoms. The molecule has 7 heteroatoms. The summed E-state index contributed by atoms with van der Waals surface area (Å²) in [6.07, 6.45) is 0. The molecule has 1 aromatic carbocycles. The molecular weight excluding hydrogens is 418 g/mol. The average molecular weight is 444 g/mol. The monoisotopic (exact) mass is 443 g/mol. The molecule has 3 aromatic rings. The SMILES string of the molecule is Cc1cccc(Cn2c(C(=O)N3CCN(C(=O)C(C)Cl)C(C)C3)cc3ccsc32)c1. The van der Waals surface area contributed by atoms with Crippen LogP contribution in [0.1, 0.15) is 35.5 Å². The summed E-state index contributed by atoms with van der Waals surface area (Å²) in [6, 6.07) is 12.4. The minimum absolute atomic E-state index is 0.0175. The molecule has 0 spiro atoms. The molecule has 4 rings (SSSR count). The number of aryl methyl sites for hydroxylation is 1. The Balaban J connectivity index is 1.60. The zero-order valence-electron chi connectivity index (χ0n) is 17.5. The first-order valence-corrected chi connectivity index (χ1v) is 11.5. The van der Waals surface area contributed by atoms with Crippen molar-refractivity contribution in [3.8, 4) is 0 Å². The van der Waals surface area contributed by atoms with Crippen molar-refractivity contribution in [1.82, 2.24) is 14.4 Å². The Morgan fingerprint density at radius 3 is 2.73 bits per heavy atom. The first kappa shape index (κ1) is 20.9. The number of piperazine rings is 1. The van der Waals surface area contributed by atoms with Crippen molar-refractivity contribution >= 4 is 45.0 Å². The minimum atomic E-state index is -0.548. The van der Waals surface area contributed by atoms with Gasteiger partial charge in [0.15, 0.2) is 0 Å². The van der Waals surface area contributed by atoms with Gasteiger partial charge in [-0.15, -0.1) is 22.9 Å². The maximum absolute atomic E-state index is 13.5. The van der Waals surface area contributed by atoms with Crippen LogP contribution >= 0.6 is 22.9 Å². The molecule has 1 saturated heterocycles. The van der Waals surface area contributed by atoms with Crippen molar-refractivity contribution in [3.63, 3.8) is 0 Å². The summed E-state index contributed by atoms with van der Waals surface area (Å²) in [7, 11) is 0. The number of aromatic nitrogens is 1. The average Bonchev–Trinajstić information content (AvgIpc) is 3.29. The van der Waals surface area contributed by atoms with Crippen LogP contribution in [0.5, 0.6) is 0 Å². The van der Waals surface area contributed by atoms with Crippen LogP contribution in [0.2, 0.25) is 0 Å². The molecule has 3 heterocycles. The molecule has 2 atom stereocenters. The van der Waals surface area contributed by atoms with E-state index in [9.17, 15) is 9.59 Å². The molecule has 158 valence electrons. The Labute approximate surface area is 185 Å². The number of rotatable bonds is 4. The van der Waals surface area contributed by atoms with Gasteiger partial charge in [0.2, 0.25) is 5.91 Å². The van der Waals surface area contributed by atoms with E-state index in [0.717, 1.165) is 10.2 Å². The lowest BCUT2D eigenvalue weighted by Crippen LogP contribution is -2.56. The summed E-state index contributed by atoms with van der Waals surface area (Å²) in [5.74, 6) is -0.0523. The van der Waals surface area contributed by atoms with Gasteiger partial charge in [0.05, 0.1) is 0 Å². The van der Waals surface area contributed by atoms with Crippen LogP contribution in [0.4, 0.5) is 0 Å². The first-order chi connectivity index (χ1) is 14.3. The number of halogens is 1. The number of hydrogen-bond acceptors (Lipinski definition) is 3. The lowest BCUT2D eigenvalue weighted by Gasteiger charge is -2.40. The van der Waals surface area contributed by atoms with E-state index in [2.05, 4.69) is 47.2 Å². The molecule has 2 aromatic heterocycles. The van der Waals surface area contributed by atoms with Crippen LogP contribution in [-0.2, 0) is 11.3 Å². The van der Waals surface area contributed by atoms with Crippen LogP contribution in [0.25, 0.3) is 10.2 Å². The number of carbonyl (C=O) groups excluding carboxylic acids is 2. The van der Waals surface area contributed by atoms with E-state index in [-0.39, 0.29) is 17.9 Å². The second-order valence-corrected chi connectivity index (χ2v) is 9.58. The number of benzene rings is 1. The summed E-state index contributed by atoms with van der Waals surface area (Å²) in [4.78, 5) is 30.5. The second kappa shape index (κ2) is 8.44. The van der Waals surface area contributed by atoms with Crippen molar-refractivity contribution in [2.24, 2.45) is 0 Å². The maximum Gasteiger partial charge on any atom is 0.270 e. The van der Waals surface area contributed by atoms with Crippen LogP contribution < -0.4 is 0 Å². The molecule has 1 aliphatic rings. The lowest BCUT2D eigenvalue weighted by atomic mass is 10.1. The fraction of sp³-hybridized carbons (Fsp3) is 0.391. The Morgan fingerprint density at radius 1 is 1.23 bits per heavy atom. The predicted molar refractivity (Wildman–Crippen MR) is 122 cm³/mol. The van der Waals surface area contributed by atoms with Crippen molar-refractivity contribution in [2.45, 2.75) is 38.7 Å². The van der Waals surface area contributed by atoms with E-state index >= 15 is 0 Å². The van der Waals surface area contributed by atoms with E-state index in [0.29, 0.717) is 31.9 Å². The zero-order chi connectivity index (χ0) is 21.4.